The number of halogens is 1. The van der Waals surface area contributed by atoms with E-state index in [-0.39, 0.29) is 0 Å². The van der Waals surface area contributed by atoms with Gasteiger partial charge in [-0.15, -0.1) is 0 Å². The molecule has 0 amide bonds. The summed E-state index contributed by atoms with van der Waals surface area (Å²) in [5.74, 6) is 0. The van der Waals surface area contributed by atoms with Gasteiger partial charge in [0.05, 0.1) is 0 Å². The smallest absolute Gasteiger partial charge is 0.0420 e. The highest BCUT2D eigenvalue weighted by Crippen LogP contribution is 2.29. The zero-order chi connectivity index (χ0) is 10.7. The highest BCUT2D eigenvalue weighted by Gasteiger charge is 2.02. The predicted octanol–water partition coefficient (Wildman–Crippen LogP) is 4.42. The Balaban J connectivity index is 2.51. The standard InChI is InChI=1S/C13H14BrN/c1-2-9-15-13-8-7-12(14)10-5-3-4-6-11(10)13/h3-8,15H,2,9H2,1H3. The Morgan fingerprint density at radius 2 is 1.80 bits per heavy atom. The van der Waals surface area contributed by atoms with E-state index >= 15 is 0 Å². The summed E-state index contributed by atoms with van der Waals surface area (Å²) in [5.41, 5.74) is 1.22. The van der Waals surface area contributed by atoms with Gasteiger partial charge in [-0.1, -0.05) is 47.1 Å². The van der Waals surface area contributed by atoms with Gasteiger partial charge in [-0.25, -0.2) is 0 Å². The minimum atomic E-state index is 1.02. The molecule has 0 aromatic heterocycles. The zero-order valence-corrected chi connectivity index (χ0v) is 10.3. The molecule has 0 spiro atoms. The Morgan fingerprint density at radius 3 is 2.53 bits per heavy atom. The van der Waals surface area contributed by atoms with E-state index in [4.69, 9.17) is 0 Å². The van der Waals surface area contributed by atoms with Crippen molar-refractivity contribution >= 4 is 32.4 Å². The molecule has 0 aliphatic heterocycles. The molecule has 0 aliphatic rings. The van der Waals surface area contributed by atoms with Crippen molar-refractivity contribution in [1.29, 1.82) is 0 Å². The lowest BCUT2D eigenvalue weighted by Gasteiger charge is -2.09. The maximum atomic E-state index is 3.57. The Labute approximate surface area is 98.6 Å². The molecule has 0 atom stereocenters. The van der Waals surface area contributed by atoms with Crippen molar-refractivity contribution in [2.75, 3.05) is 11.9 Å². The molecule has 0 unspecified atom stereocenters. The first kappa shape index (κ1) is 10.5. The molecular weight excluding hydrogens is 250 g/mol. The molecule has 0 radical (unpaired) electrons. The summed E-state index contributed by atoms with van der Waals surface area (Å²) in [6.07, 6.45) is 1.14. The molecule has 0 saturated heterocycles. The topological polar surface area (TPSA) is 12.0 Å². The van der Waals surface area contributed by atoms with Crippen LogP contribution in [0, 0.1) is 0 Å². The first-order chi connectivity index (χ1) is 7.33. The van der Waals surface area contributed by atoms with Crippen LogP contribution in [-0.2, 0) is 0 Å². The van der Waals surface area contributed by atoms with E-state index in [1.54, 1.807) is 0 Å². The van der Waals surface area contributed by atoms with Gasteiger partial charge in [-0.2, -0.15) is 0 Å². The van der Waals surface area contributed by atoms with Gasteiger partial charge in [0.2, 0.25) is 0 Å². The molecule has 0 heterocycles. The monoisotopic (exact) mass is 263 g/mol. The minimum absolute atomic E-state index is 1.02. The number of hydrogen-bond donors (Lipinski definition) is 1. The number of nitrogens with one attached hydrogen (secondary N) is 1. The molecule has 0 saturated carbocycles. The molecule has 2 heteroatoms. The lowest BCUT2D eigenvalue weighted by Crippen LogP contribution is -1.99. The fourth-order valence-electron chi connectivity index (χ4n) is 1.68. The average Bonchev–Trinajstić information content (AvgIpc) is 2.29. The van der Waals surface area contributed by atoms with Gasteiger partial charge in [-0.3, -0.25) is 0 Å². The molecule has 15 heavy (non-hydrogen) atoms. The second kappa shape index (κ2) is 4.67. The SMILES string of the molecule is CCCNc1ccc(Br)c2ccccc12. The fourth-order valence-corrected chi connectivity index (χ4v) is 2.15. The number of hydrogen-bond acceptors (Lipinski definition) is 1. The Hall–Kier alpha value is -1.02. The van der Waals surface area contributed by atoms with Crippen LogP contribution in [0.15, 0.2) is 40.9 Å². The molecule has 0 fully saturated rings. The maximum absolute atomic E-state index is 3.57. The van der Waals surface area contributed by atoms with Crippen LogP contribution in [0.5, 0.6) is 0 Å². The van der Waals surface area contributed by atoms with E-state index in [2.05, 4.69) is 64.6 Å². The van der Waals surface area contributed by atoms with Gasteiger partial charge >= 0.3 is 0 Å². The molecule has 2 aromatic rings. The Kier molecular flexibility index (Phi) is 3.27. The van der Waals surface area contributed by atoms with Crippen molar-refractivity contribution < 1.29 is 0 Å². The van der Waals surface area contributed by atoms with Gasteiger partial charge in [0, 0.05) is 22.1 Å². The number of anilines is 1. The third-order valence-corrected chi connectivity index (χ3v) is 3.13. The van der Waals surface area contributed by atoms with Crippen LogP contribution in [0.3, 0.4) is 0 Å². The Bertz CT molecular complexity index is 465. The summed E-state index contributed by atoms with van der Waals surface area (Å²) >= 11 is 3.57. The van der Waals surface area contributed by atoms with Gasteiger partial charge in [0.1, 0.15) is 0 Å². The number of fused-ring (bicyclic) bond motifs is 1. The molecular formula is C13H14BrN. The zero-order valence-electron chi connectivity index (χ0n) is 8.76. The molecule has 0 aliphatic carbocycles. The second-order valence-electron chi connectivity index (χ2n) is 3.57. The summed E-state index contributed by atoms with van der Waals surface area (Å²) in [6.45, 7) is 3.19. The van der Waals surface area contributed by atoms with E-state index in [0.29, 0.717) is 0 Å². The number of benzene rings is 2. The van der Waals surface area contributed by atoms with Gasteiger partial charge in [0.15, 0.2) is 0 Å². The summed E-state index contributed by atoms with van der Waals surface area (Å²) in [4.78, 5) is 0. The van der Waals surface area contributed by atoms with Crippen LogP contribution in [0.1, 0.15) is 13.3 Å². The van der Waals surface area contributed by atoms with Crippen LogP contribution >= 0.6 is 15.9 Å². The van der Waals surface area contributed by atoms with Crippen molar-refractivity contribution in [1.82, 2.24) is 0 Å². The van der Waals surface area contributed by atoms with Crippen molar-refractivity contribution in [2.24, 2.45) is 0 Å². The molecule has 78 valence electrons. The predicted molar refractivity (Wildman–Crippen MR) is 70.4 cm³/mol. The highest BCUT2D eigenvalue weighted by molar-refractivity contribution is 9.10. The van der Waals surface area contributed by atoms with E-state index in [0.717, 1.165) is 17.4 Å². The summed E-state index contributed by atoms with van der Waals surface area (Å²) in [5, 5.41) is 5.98. The van der Waals surface area contributed by atoms with Crippen LogP contribution in [0.4, 0.5) is 5.69 Å². The Morgan fingerprint density at radius 1 is 1.07 bits per heavy atom. The van der Waals surface area contributed by atoms with Gasteiger partial charge in [0.25, 0.3) is 0 Å². The first-order valence-corrected chi connectivity index (χ1v) is 6.03. The van der Waals surface area contributed by atoms with E-state index in [1.807, 2.05) is 0 Å². The largest absolute Gasteiger partial charge is 0.385 e. The van der Waals surface area contributed by atoms with Crippen LogP contribution in [-0.4, -0.2) is 6.54 Å². The molecule has 0 bridgehead atoms. The van der Waals surface area contributed by atoms with E-state index in [9.17, 15) is 0 Å². The molecule has 1 N–H and O–H groups in total. The van der Waals surface area contributed by atoms with Crippen molar-refractivity contribution in [2.45, 2.75) is 13.3 Å². The van der Waals surface area contributed by atoms with Gasteiger partial charge < -0.3 is 5.32 Å². The van der Waals surface area contributed by atoms with Crippen molar-refractivity contribution in [3.8, 4) is 0 Å². The van der Waals surface area contributed by atoms with Crippen molar-refractivity contribution in [3.05, 3.63) is 40.9 Å². The van der Waals surface area contributed by atoms with Crippen LogP contribution < -0.4 is 5.32 Å². The maximum Gasteiger partial charge on any atom is 0.0420 e. The summed E-state index contributed by atoms with van der Waals surface area (Å²) in [7, 11) is 0. The molecule has 2 rings (SSSR count). The third kappa shape index (κ3) is 2.15. The molecule has 1 nitrogen and oxygen atoms in total. The normalized spacial score (nSPS) is 10.5. The quantitative estimate of drug-likeness (QED) is 0.865. The van der Waals surface area contributed by atoms with Crippen LogP contribution in [0.25, 0.3) is 10.8 Å². The highest BCUT2D eigenvalue weighted by atomic mass is 79.9. The summed E-state index contributed by atoms with van der Waals surface area (Å²) in [6, 6.07) is 12.7. The first-order valence-electron chi connectivity index (χ1n) is 5.24. The number of rotatable bonds is 3. The van der Waals surface area contributed by atoms with Crippen molar-refractivity contribution in [3.63, 3.8) is 0 Å². The molecule has 2 aromatic carbocycles. The van der Waals surface area contributed by atoms with Crippen LogP contribution in [0.2, 0.25) is 0 Å². The second-order valence-corrected chi connectivity index (χ2v) is 4.42. The van der Waals surface area contributed by atoms with E-state index < -0.39 is 0 Å². The van der Waals surface area contributed by atoms with Gasteiger partial charge in [-0.05, 0) is 23.9 Å². The average molecular weight is 264 g/mol. The fraction of sp³-hybridized carbons (Fsp3) is 0.231. The third-order valence-electron chi connectivity index (χ3n) is 2.44. The lowest BCUT2D eigenvalue weighted by atomic mass is 10.1. The van der Waals surface area contributed by atoms with E-state index in [1.165, 1.54) is 16.5 Å². The minimum Gasteiger partial charge on any atom is -0.385 e. The summed E-state index contributed by atoms with van der Waals surface area (Å²) < 4.78 is 1.15. The lowest BCUT2D eigenvalue weighted by molar-refractivity contribution is 0.981.